The van der Waals surface area contributed by atoms with Crippen LogP contribution < -0.4 is 10.3 Å². The SMILES string of the molecule is CC[C@H]1O[C@@H]2[C@H](F)C1Oc1nc(=O)ccn12. The highest BCUT2D eigenvalue weighted by atomic mass is 19.1. The summed E-state index contributed by atoms with van der Waals surface area (Å²) in [6.45, 7) is 1.91. The molecule has 3 heterocycles. The number of alkyl halides is 1. The van der Waals surface area contributed by atoms with E-state index in [1.807, 2.05) is 6.92 Å². The highest BCUT2D eigenvalue weighted by molar-refractivity contribution is 5.10. The zero-order valence-corrected chi connectivity index (χ0v) is 8.67. The first-order chi connectivity index (χ1) is 7.70. The maximum atomic E-state index is 13.9. The van der Waals surface area contributed by atoms with Crippen LogP contribution in [0.15, 0.2) is 17.1 Å². The van der Waals surface area contributed by atoms with E-state index >= 15 is 0 Å². The lowest BCUT2D eigenvalue weighted by molar-refractivity contribution is -0.0199. The Morgan fingerprint density at radius 1 is 1.62 bits per heavy atom. The predicted molar refractivity (Wildman–Crippen MR) is 52.0 cm³/mol. The molecule has 1 aromatic rings. The van der Waals surface area contributed by atoms with Crippen LogP contribution in [-0.4, -0.2) is 27.9 Å². The molecule has 16 heavy (non-hydrogen) atoms. The topological polar surface area (TPSA) is 53.4 Å². The summed E-state index contributed by atoms with van der Waals surface area (Å²) < 4.78 is 26.2. The van der Waals surface area contributed by atoms with E-state index in [1.54, 1.807) is 0 Å². The highest BCUT2D eigenvalue weighted by Gasteiger charge is 2.51. The molecule has 0 aromatic carbocycles. The van der Waals surface area contributed by atoms with E-state index in [2.05, 4.69) is 4.98 Å². The summed E-state index contributed by atoms with van der Waals surface area (Å²) in [5, 5.41) is 0. The number of hydrogen-bond donors (Lipinski definition) is 0. The number of nitrogens with zero attached hydrogens (tertiary/aromatic N) is 2. The standard InChI is InChI=1S/C10H11FN2O3/c1-2-5-8-7(11)9(15-5)13-4-3-6(14)12-10(13)16-8/h3-5,7-9H,2H2,1H3/t5-,7-,8?,9-/m1/s1. The fraction of sp³-hybridized carbons (Fsp3) is 0.600. The molecule has 2 aliphatic rings. The van der Waals surface area contributed by atoms with Gasteiger partial charge in [0, 0.05) is 12.3 Å². The molecule has 4 atom stereocenters. The average molecular weight is 226 g/mol. The van der Waals surface area contributed by atoms with E-state index in [9.17, 15) is 9.18 Å². The van der Waals surface area contributed by atoms with Crippen molar-refractivity contribution >= 4 is 0 Å². The van der Waals surface area contributed by atoms with Gasteiger partial charge < -0.3 is 9.47 Å². The Kier molecular flexibility index (Phi) is 2.00. The number of aromatic nitrogens is 2. The predicted octanol–water partition coefficient (Wildman–Crippen LogP) is 0.650. The molecular weight excluding hydrogens is 215 g/mol. The van der Waals surface area contributed by atoms with Crippen molar-refractivity contribution in [2.75, 3.05) is 0 Å². The van der Waals surface area contributed by atoms with Gasteiger partial charge in [-0.3, -0.25) is 9.36 Å². The number of ether oxygens (including phenoxy) is 2. The summed E-state index contributed by atoms with van der Waals surface area (Å²) in [5.41, 5.74) is -0.393. The van der Waals surface area contributed by atoms with Gasteiger partial charge in [0.2, 0.25) is 0 Å². The molecule has 0 amide bonds. The molecular formula is C10H11FN2O3. The van der Waals surface area contributed by atoms with Crippen molar-refractivity contribution in [2.45, 2.75) is 38.0 Å². The first kappa shape index (κ1) is 9.77. The van der Waals surface area contributed by atoms with E-state index in [0.29, 0.717) is 6.42 Å². The quantitative estimate of drug-likeness (QED) is 0.705. The van der Waals surface area contributed by atoms with Crippen LogP contribution >= 0.6 is 0 Å². The zero-order valence-electron chi connectivity index (χ0n) is 8.67. The third-order valence-electron chi connectivity index (χ3n) is 2.99. The van der Waals surface area contributed by atoms with Gasteiger partial charge in [0.1, 0.15) is 6.10 Å². The molecule has 1 saturated heterocycles. The average Bonchev–Trinajstić information content (AvgIpc) is 2.49. The van der Waals surface area contributed by atoms with Crippen LogP contribution in [-0.2, 0) is 4.74 Å². The van der Waals surface area contributed by atoms with Crippen molar-refractivity contribution in [1.82, 2.24) is 9.55 Å². The second-order valence-corrected chi connectivity index (χ2v) is 3.96. The lowest BCUT2D eigenvalue weighted by atomic mass is 10.1. The third-order valence-corrected chi connectivity index (χ3v) is 2.99. The maximum Gasteiger partial charge on any atom is 0.302 e. The lowest BCUT2D eigenvalue weighted by Crippen LogP contribution is -2.39. The summed E-state index contributed by atoms with van der Waals surface area (Å²) >= 11 is 0. The smallest absolute Gasteiger partial charge is 0.302 e. The molecule has 1 aromatic heterocycles. The minimum atomic E-state index is -1.21. The van der Waals surface area contributed by atoms with Crippen LogP contribution in [0.5, 0.6) is 6.01 Å². The Bertz CT molecular complexity index is 475. The van der Waals surface area contributed by atoms with Crippen LogP contribution in [0.1, 0.15) is 19.6 Å². The summed E-state index contributed by atoms with van der Waals surface area (Å²) in [5.74, 6) is 0. The Balaban J connectivity index is 2.07. The summed E-state index contributed by atoms with van der Waals surface area (Å²) in [6.07, 6.45) is -0.731. The van der Waals surface area contributed by atoms with Crippen molar-refractivity contribution in [3.05, 3.63) is 22.6 Å². The third kappa shape index (κ3) is 1.19. The van der Waals surface area contributed by atoms with Crippen LogP contribution in [0, 0.1) is 0 Å². The molecule has 0 N–H and O–H groups in total. The summed E-state index contributed by atoms with van der Waals surface area (Å²) in [4.78, 5) is 14.8. The highest BCUT2D eigenvalue weighted by Crippen LogP contribution is 2.40. The summed E-state index contributed by atoms with van der Waals surface area (Å²) in [6, 6.07) is 1.41. The van der Waals surface area contributed by atoms with Crippen molar-refractivity contribution in [3.63, 3.8) is 0 Å². The van der Waals surface area contributed by atoms with Gasteiger partial charge in [-0.1, -0.05) is 6.92 Å². The fourth-order valence-corrected chi connectivity index (χ4v) is 2.19. The molecule has 1 fully saturated rings. The van der Waals surface area contributed by atoms with Crippen LogP contribution in [0.4, 0.5) is 4.39 Å². The number of rotatable bonds is 1. The molecule has 2 bridgehead atoms. The maximum absolute atomic E-state index is 13.9. The largest absolute Gasteiger partial charge is 0.455 e. The van der Waals surface area contributed by atoms with Gasteiger partial charge in [-0.05, 0) is 6.42 Å². The first-order valence-corrected chi connectivity index (χ1v) is 5.26. The normalized spacial score (nSPS) is 35.6. The van der Waals surface area contributed by atoms with Crippen LogP contribution in [0.2, 0.25) is 0 Å². The Labute approximate surface area is 90.8 Å². The molecule has 86 valence electrons. The minimum absolute atomic E-state index is 0.146. The van der Waals surface area contributed by atoms with Crippen molar-refractivity contribution < 1.29 is 13.9 Å². The Morgan fingerprint density at radius 2 is 2.44 bits per heavy atom. The van der Waals surface area contributed by atoms with Crippen LogP contribution in [0.25, 0.3) is 0 Å². The molecule has 2 aliphatic heterocycles. The second kappa shape index (κ2) is 3.28. The van der Waals surface area contributed by atoms with Gasteiger partial charge in [-0.25, -0.2) is 4.39 Å². The van der Waals surface area contributed by atoms with Crippen molar-refractivity contribution in [3.8, 4) is 6.01 Å². The molecule has 3 rings (SSSR count). The number of fused-ring (bicyclic) bond motifs is 4. The molecule has 1 unspecified atom stereocenters. The van der Waals surface area contributed by atoms with Gasteiger partial charge in [0.25, 0.3) is 5.56 Å². The first-order valence-electron chi connectivity index (χ1n) is 5.26. The van der Waals surface area contributed by atoms with Gasteiger partial charge in [-0.2, -0.15) is 4.98 Å². The van der Waals surface area contributed by atoms with Gasteiger partial charge in [0.05, 0.1) is 0 Å². The molecule has 0 spiro atoms. The van der Waals surface area contributed by atoms with Crippen LogP contribution in [0.3, 0.4) is 0 Å². The molecule has 0 saturated carbocycles. The lowest BCUT2D eigenvalue weighted by Gasteiger charge is -2.26. The molecule has 0 aliphatic carbocycles. The number of hydrogen-bond acceptors (Lipinski definition) is 4. The van der Waals surface area contributed by atoms with E-state index in [0.717, 1.165) is 0 Å². The van der Waals surface area contributed by atoms with Crippen molar-refractivity contribution in [2.24, 2.45) is 0 Å². The summed E-state index contributed by atoms with van der Waals surface area (Å²) in [7, 11) is 0. The molecule has 5 nitrogen and oxygen atoms in total. The second-order valence-electron chi connectivity index (χ2n) is 3.96. The van der Waals surface area contributed by atoms with Crippen molar-refractivity contribution in [1.29, 1.82) is 0 Å². The molecule has 6 heteroatoms. The van der Waals surface area contributed by atoms with E-state index in [4.69, 9.17) is 9.47 Å². The van der Waals surface area contributed by atoms with Gasteiger partial charge in [0.15, 0.2) is 18.5 Å². The van der Waals surface area contributed by atoms with E-state index in [-0.39, 0.29) is 12.1 Å². The Morgan fingerprint density at radius 3 is 3.19 bits per heavy atom. The Hall–Kier alpha value is -1.43. The minimum Gasteiger partial charge on any atom is -0.455 e. The zero-order chi connectivity index (χ0) is 11.3. The fourth-order valence-electron chi connectivity index (χ4n) is 2.19. The van der Waals surface area contributed by atoms with E-state index in [1.165, 1.54) is 16.8 Å². The molecule has 0 radical (unpaired) electrons. The monoisotopic (exact) mass is 226 g/mol. The number of halogens is 1. The van der Waals surface area contributed by atoms with E-state index < -0.39 is 24.1 Å². The van der Waals surface area contributed by atoms with Gasteiger partial charge >= 0.3 is 6.01 Å². The van der Waals surface area contributed by atoms with Gasteiger partial charge in [-0.15, -0.1) is 0 Å².